The third kappa shape index (κ3) is 3.74. The van der Waals surface area contributed by atoms with Gasteiger partial charge in [-0.05, 0) is 50.4 Å². The zero-order valence-corrected chi connectivity index (χ0v) is 19.1. The third-order valence-electron chi connectivity index (χ3n) is 4.89. The van der Waals surface area contributed by atoms with E-state index in [9.17, 15) is 0 Å². The van der Waals surface area contributed by atoms with Gasteiger partial charge in [-0.1, -0.05) is 65.2 Å². The zero-order valence-electron chi connectivity index (χ0n) is 16.2. The van der Waals surface area contributed by atoms with E-state index in [-0.39, 0.29) is 0 Å². The van der Waals surface area contributed by atoms with Crippen molar-refractivity contribution in [3.63, 3.8) is 0 Å². The number of allylic oxidation sites excluding steroid dienone is 1. The Balaban J connectivity index is 1.86. The summed E-state index contributed by atoms with van der Waals surface area (Å²) in [5.74, 6) is 0. The lowest BCUT2D eigenvalue weighted by Crippen LogP contribution is -2.85. The summed E-state index contributed by atoms with van der Waals surface area (Å²) in [6, 6.07) is 18.8. The Morgan fingerprint density at radius 3 is 2.46 bits per heavy atom. The molecular weight excluding hydrogens is 481 g/mol. The lowest BCUT2D eigenvalue weighted by Gasteiger charge is -2.25. The van der Waals surface area contributed by atoms with Crippen molar-refractivity contribution in [2.75, 3.05) is 27.2 Å². The molecular formula is C23H24ClIN3+. The van der Waals surface area contributed by atoms with Crippen LogP contribution in [0, 0.1) is 0 Å². The SMILES string of the molecule is C=C(C1=C(Cl)C(c2ccccc2)=NI(=C)=C1N(C)C)c1cccc([NH+]2CC2)c1. The largest absolute Gasteiger partial charge is 0.293 e. The molecule has 3 nitrogen and oxygen atoms in total. The predicted molar refractivity (Wildman–Crippen MR) is 132 cm³/mol. The molecule has 1 fully saturated rings. The van der Waals surface area contributed by atoms with Crippen LogP contribution in [0.5, 0.6) is 0 Å². The van der Waals surface area contributed by atoms with Crippen LogP contribution >= 0.6 is 30.7 Å². The lowest BCUT2D eigenvalue weighted by atomic mass is 9.95. The summed E-state index contributed by atoms with van der Waals surface area (Å²) in [7, 11) is 4.09. The van der Waals surface area contributed by atoms with Crippen molar-refractivity contribution >= 4 is 55.9 Å². The molecule has 0 radical (unpaired) electrons. The summed E-state index contributed by atoms with van der Waals surface area (Å²) < 4.78 is 10.6. The van der Waals surface area contributed by atoms with Gasteiger partial charge in [0.05, 0.1) is 14.4 Å². The molecule has 2 aliphatic heterocycles. The number of quaternary nitrogens is 1. The molecule has 4 rings (SSSR count). The van der Waals surface area contributed by atoms with Gasteiger partial charge in [0, 0.05) is 17.2 Å². The highest BCUT2D eigenvalue weighted by Gasteiger charge is 2.28. The van der Waals surface area contributed by atoms with E-state index in [0.29, 0.717) is 5.03 Å². The maximum absolute atomic E-state index is 6.98. The summed E-state index contributed by atoms with van der Waals surface area (Å²) in [4.78, 5) is 3.64. The predicted octanol–water partition coefficient (Wildman–Crippen LogP) is 3.77. The number of hydrogen-bond acceptors (Lipinski definition) is 2. The number of nitrogens with zero attached hydrogens (tertiary/aromatic N) is 2. The Labute approximate surface area is 178 Å². The van der Waals surface area contributed by atoms with Crippen LogP contribution in [-0.4, -0.2) is 45.9 Å². The number of nitrogens with one attached hydrogen (secondary N) is 1. The van der Waals surface area contributed by atoms with Crippen LogP contribution in [0.4, 0.5) is 5.69 Å². The Morgan fingerprint density at radius 2 is 1.82 bits per heavy atom. The molecule has 28 heavy (non-hydrogen) atoms. The van der Waals surface area contributed by atoms with E-state index in [1.54, 1.807) is 0 Å². The smallest absolute Gasteiger partial charge is 0.132 e. The van der Waals surface area contributed by atoms with Crippen LogP contribution in [-0.2, 0) is 0 Å². The van der Waals surface area contributed by atoms with E-state index < -0.39 is 19.1 Å². The van der Waals surface area contributed by atoms with Crippen molar-refractivity contribution in [3.05, 3.63) is 82.9 Å². The first-order chi connectivity index (χ1) is 13.5. The van der Waals surface area contributed by atoms with Crippen molar-refractivity contribution in [1.82, 2.24) is 4.90 Å². The Bertz CT molecular complexity index is 1090. The second-order valence-corrected chi connectivity index (χ2v) is 11.0. The summed E-state index contributed by atoms with van der Waals surface area (Å²) in [6.45, 7) is 6.86. The molecule has 0 aromatic heterocycles. The molecule has 5 heteroatoms. The molecule has 0 spiro atoms. The molecule has 1 saturated heterocycles. The van der Waals surface area contributed by atoms with Gasteiger partial charge in [0.25, 0.3) is 0 Å². The van der Waals surface area contributed by atoms with E-state index in [2.05, 4.69) is 52.4 Å². The summed E-state index contributed by atoms with van der Waals surface area (Å²) >= 11 is 4.96. The van der Waals surface area contributed by atoms with Gasteiger partial charge in [0.2, 0.25) is 0 Å². The van der Waals surface area contributed by atoms with Crippen LogP contribution < -0.4 is 4.90 Å². The highest BCUT2D eigenvalue weighted by atomic mass is 127. The zero-order chi connectivity index (χ0) is 19.8. The summed E-state index contributed by atoms with van der Waals surface area (Å²) in [6.07, 6.45) is 0. The minimum Gasteiger partial charge on any atom is -0.293 e. The molecule has 2 aromatic rings. The monoisotopic (exact) mass is 504 g/mol. The average Bonchev–Trinajstić information content (AvgIpc) is 3.54. The van der Waals surface area contributed by atoms with Gasteiger partial charge in [-0.3, -0.25) is 9.80 Å². The molecule has 0 unspecified atom stereocenters. The first-order valence-electron chi connectivity index (χ1n) is 9.20. The van der Waals surface area contributed by atoms with E-state index in [4.69, 9.17) is 14.8 Å². The van der Waals surface area contributed by atoms with Gasteiger partial charge in [-0.15, -0.1) is 0 Å². The molecule has 2 aromatic carbocycles. The Morgan fingerprint density at radius 1 is 1.11 bits per heavy atom. The van der Waals surface area contributed by atoms with E-state index >= 15 is 0 Å². The van der Waals surface area contributed by atoms with Gasteiger partial charge in [-0.2, -0.15) is 0 Å². The number of halogens is 2. The van der Waals surface area contributed by atoms with Crippen molar-refractivity contribution in [1.29, 1.82) is 0 Å². The van der Waals surface area contributed by atoms with Crippen molar-refractivity contribution < 1.29 is 4.90 Å². The van der Waals surface area contributed by atoms with Crippen molar-refractivity contribution in [2.45, 2.75) is 0 Å². The first-order valence-corrected chi connectivity index (χ1v) is 13.1. The summed E-state index contributed by atoms with van der Waals surface area (Å²) in [5.41, 5.74) is 6.26. The maximum Gasteiger partial charge on any atom is 0.132 e. The lowest BCUT2D eigenvalue weighted by molar-refractivity contribution is -0.678. The number of rotatable bonds is 5. The summed E-state index contributed by atoms with van der Waals surface area (Å²) in [5, 5.41) is 0.668. The highest BCUT2D eigenvalue weighted by molar-refractivity contribution is 14.2. The fraction of sp³-hybridized carbons (Fsp3) is 0.174. The van der Waals surface area contributed by atoms with Crippen LogP contribution in [0.25, 0.3) is 5.57 Å². The fourth-order valence-electron chi connectivity index (χ4n) is 3.37. The molecule has 0 bridgehead atoms. The Kier molecular flexibility index (Phi) is 5.56. The van der Waals surface area contributed by atoms with Crippen LogP contribution in [0.1, 0.15) is 11.1 Å². The first kappa shape index (κ1) is 19.6. The average molecular weight is 505 g/mol. The molecule has 0 amide bonds. The quantitative estimate of drug-likeness (QED) is 0.485. The van der Waals surface area contributed by atoms with Gasteiger partial charge >= 0.3 is 0 Å². The molecule has 0 saturated carbocycles. The van der Waals surface area contributed by atoms with E-state index in [1.165, 1.54) is 23.7 Å². The minimum atomic E-state index is -2.02. The van der Waals surface area contributed by atoms with Gasteiger partial charge in [-0.25, -0.2) is 3.21 Å². The van der Waals surface area contributed by atoms with Crippen molar-refractivity contribution in [3.8, 4) is 0 Å². The minimum absolute atomic E-state index is 0.668. The van der Waals surface area contributed by atoms with Gasteiger partial charge in [0.15, 0.2) is 0 Å². The second-order valence-electron chi connectivity index (χ2n) is 7.17. The van der Waals surface area contributed by atoms with Crippen LogP contribution in [0.15, 0.2) is 75.0 Å². The second kappa shape index (κ2) is 7.95. The molecule has 2 aliphatic rings. The van der Waals surface area contributed by atoms with Gasteiger partial charge < -0.3 is 0 Å². The van der Waals surface area contributed by atoms with Crippen LogP contribution in [0.3, 0.4) is 0 Å². The molecule has 2 heterocycles. The standard InChI is InChI=1S/C23H23ClIN3/c1-16(18-11-8-12-19(15-18)28-13-14-28)20-21(24)22(17-9-6-5-7-10-17)26-25(2)23(20)27(3)4/h5-12,15H,1-2,13-14H2,3-4H3/p+1. The maximum atomic E-state index is 6.98. The third-order valence-corrected chi connectivity index (χ3v) is 9.00. The fourth-order valence-corrected chi connectivity index (χ4v) is 7.69. The number of benzene rings is 2. The Hall–Kier alpha value is -1.73. The van der Waals surface area contributed by atoms with Gasteiger partial charge in [0.1, 0.15) is 18.8 Å². The molecule has 144 valence electrons. The number of hydrogen-bond donors (Lipinski definition) is 1. The molecule has 0 aliphatic carbocycles. The van der Waals surface area contributed by atoms with Crippen molar-refractivity contribution in [2.24, 2.45) is 3.21 Å². The van der Waals surface area contributed by atoms with Crippen LogP contribution in [0.2, 0.25) is 0 Å². The number of likely N-dealkylation sites (N-methyl/N-ethyl adjacent to an activating group) is 1. The molecule has 0 atom stereocenters. The molecule has 1 N–H and O–H groups in total. The highest BCUT2D eigenvalue weighted by Crippen LogP contribution is 2.38. The normalized spacial score (nSPS) is 17.9. The van der Waals surface area contributed by atoms with E-state index in [1.807, 2.05) is 32.3 Å². The topological polar surface area (TPSA) is 20.0 Å². The van der Waals surface area contributed by atoms with E-state index in [0.717, 1.165) is 31.6 Å².